The van der Waals surface area contributed by atoms with Crippen LogP contribution in [0.25, 0.3) is 0 Å². The molecular weight excluding hydrogens is 340 g/mol. The molecule has 27 heavy (non-hydrogen) atoms. The average Bonchev–Trinajstić information content (AvgIpc) is 3.49. The smallest absolute Gasteiger partial charge is 0.219 e. The number of nitrogens with one attached hydrogen (secondary N) is 2. The molecule has 2 atom stereocenters. The van der Waals surface area contributed by atoms with E-state index in [1.807, 2.05) is 60.7 Å². The minimum absolute atomic E-state index is 0.183. The van der Waals surface area contributed by atoms with Crippen molar-refractivity contribution in [3.63, 3.8) is 0 Å². The molecule has 140 valence electrons. The molecule has 0 radical (unpaired) electrons. The van der Waals surface area contributed by atoms with E-state index in [1.54, 1.807) is 0 Å². The number of hydrogen-bond acceptors (Lipinski definition) is 5. The fourth-order valence-corrected chi connectivity index (χ4v) is 3.61. The van der Waals surface area contributed by atoms with Gasteiger partial charge in [-0.15, -0.1) is 0 Å². The van der Waals surface area contributed by atoms with Crippen molar-refractivity contribution in [1.82, 2.24) is 10.6 Å². The third-order valence-electron chi connectivity index (χ3n) is 5.31. The van der Waals surface area contributed by atoms with Gasteiger partial charge in [-0.3, -0.25) is 15.4 Å². The van der Waals surface area contributed by atoms with E-state index >= 15 is 0 Å². The molecule has 3 rings (SSSR count). The summed E-state index contributed by atoms with van der Waals surface area (Å²) in [4.78, 5) is 11.0. The third-order valence-corrected chi connectivity index (χ3v) is 5.31. The van der Waals surface area contributed by atoms with Gasteiger partial charge in [0.15, 0.2) is 0 Å². The van der Waals surface area contributed by atoms with Crippen molar-refractivity contribution in [2.24, 2.45) is 5.41 Å². The summed E-state index contributed by atoms with van der Waals surface area (Å²) < 4.78 is 0. The van der Waals surface area contributed by atoms with Crippen LogP contribution >= 0.6 is 0 Å². The van der Waals surface area contributed by atoms with Crippen LogP contribution in [-0.4, -0.2) is 23.6 Å². The maximum Gasteiger partial charge on any atom is 0.219 e. The van der Waals surface area contributed by atoms with E-state index in [9.17, 15) is 15.4 Å². The number of nitriles is 1. The molecule has 0 bridgehead atoms. The summed E-state index contributed by atoms with van der Waals surface area (Å²) in [7, 11) is 0. The lowest BCUT2D eigenvalue weighted by molar-refractivity contribution is -0.485. The topological polar surface area (TPSA) is 91.0 Å². The van der Waals surface area contributed by atoms with Crippen LogP contribution in [0.4, 0.5) is 0 Å². The molecule has 6 nitrogen and oxygen atoms in total. The van der Waals surface area contributed by atoms with Gasteiger partial charge in [-0.05, 0) is 24.0 Å². The van der Waals surface area contributed by atoms with E-state index < -0.39 is 11.5 Å². The summed E-state index contributed by atoms with van der Waals surface area (Å²) in [6.45, 7) is 0.945. The summed E-state index contributed by atoms with van der Waals surface area (Å²) in [5.41, 5.74) is 1.77. The van der Waals surface area contributed by atoms with Crippen molar-refractivity contribution in [2.75, 3.05) is 6.54 Å². The van der Waals surface area contributed by atoms with Gasteiger partial charge in [0.1, 0.15) is 6.04 Å². The van der Waals surface area contributed by atoms with Gasteiger partial charge in [-0.2, -0.15) is 5.26 Å². The van der Waals surface area contributed by atoms with E-state index in [4.69, 9.17) is 0 Å². The van der Waals surface area contributed by atoms with E-state index in [-0.39, 0.29) is 17.5 Å². The molecular formula is C21H24N4O2. The zero-order valence-electron chi connectivity index (χ0n) is 15.2. The highest BCUT2D eigenvalue weighted by atomic mass is 16.6. The van der Waals surface area contributed by atoms with Crippen molar-refractivity contribution in [1.29, 1.82) is 5.26 Å². The first-order valence-electron chi connectivity index (χ1n) is 9.20. The quantitative estimate of drug-likeness (QED) is 0.500. The van der Waals surface area contributed by atoms with Gasteiger partial charge < -0.3 is 5.32 Å². The molecule has 0 saturated heterocycles. The monoisotopic (exact) mass is 364 g/mol. The number of nitrogens with zero attached hydrogens (tertiary/aromatic N) is 2. The van der Waals surface area contributed by atoms with Gasteiger partial charge >= 0.3 is 0 Å². The van der Waals surface area contributed by atoms with E-state index in [2.05, 4.69) is 16.7 Å². The normalized spacial score (nSPS) is 16.9. The standard InChI is InChI=1S/C21H24N4O2/c22-13-19(23-14-17-7-3-1-4-8-17)21(11-12-21)20(16-25(26)27)24-15-18-9-5-2-6-10-18/h1-10,19-20,23-24H,11-12,14-16H2. The van der Waals surface area contributed by atoms with E-state index in [1.165, 1.54) is 0 Å². The van der Waals surface area contributed by atoms with Gasteiger partial charge in [-0.25, -0.2) is 0 Å². The Morgan fingerprint density at radius 1 is 1.00 bits per heavy atom. The summed E-state index contributed by atoms with van der Waals surface area (Å²) in [5, 5.41) is 27.7. The van der Waals surface area contributed by atoms with Crippen molar-refractivity contribution in [3.05, 3.63) is 81.9 Å². The minimum atomic E-state index is -0.425. The first-order valence-corrected chi connectivity index (χ1v) is 9.20. The Morgan fingerprint density at radius 3 is 1.96 bits per heavy atom. The molecule has 0 amide bonds. The molecule has 2 unspecified atom stereocenters. The highest BCUT2D eigenvalue weighted by Gasteiger charge is 2.56. The van der Waals surface area contributed by atoms with Crippen LogP contribution in [-0.2, 0) is 13.1 Å². The van der Waals surface area contributed by atoms with E-state index in [0.717, 1.165) is 24.0 Å². The maximum absolute atomic E-state index is 11.2. The minimum Gasteiger partial charge on any atom is -0.304 e. The fraction of sp³-hybridized carbons (Fsp3) is 0.381. The molecule has 1 fully saturated rings. The van der Waals surface area contributed by atoms with Crippen LogP contribution in [0.15, 0.2) is 60.7 Å². The van der Waals surface area contributed by atoms with Gasteiger partial charge in [0.25, 0.3) is 0 Å². The Morgan fingerprint density at radius 2 is 1.52 bits per heavy atom. The van der Waals surface area contributed by atoms with Crippen LogP contribution in [0.3, 0.4) is 0 Å². The lowest BCUT2D eigenvalue weighted by atomic mass is 9.88. The summed E-state index contributed by atoms with van der Waals surface area (Å²) in [5.74, 6) is 0. The second-order valence-corrected chi connectivity index (χ2v) is 7.10. The molecule has 0 aromatic heterocycles. The molecule has 2 aromatic rings. The number of benzene rings is 2. The fourth-order valence-electron chi connectivity index (χ4n) is 3.61. The van der Waals surface area contributed by atoms with Crippen LogP contribution in [0.2, 0.25) is 0 Å². The molecule has 6 heteroatoms. The molecule has 2 aromatic carbocycles. The predicted octanol–water partition coefficient (Wildman–Crippen LogP) is 2.88. The molecule has 1 saturated carbocycles. The SMILES string of the molecule is N#CC(NCc1ccccc1)C1(C(C[N+](=O)[O-])NCc2ccccc2)CC1. The number of hydrogen-bond donors (Lipinski definition) is 2. The van der Waals surface area contributed by atoms with Crippen molar-refractivity contribution >= 4 is 0 Å². The average molecular weight is 364 g/mol. The lowest BCUT2D eigenvalue weighted by Gasteiger charge is -2.29. The van der Waals surface area contributed by atoms with E-state index in [0.29, 0.717) is 13.1 Å². The lowest BCUT2D eigenvalue weighted by Crippen LogP contribution is -2.51. The Bertz CT molecular complexity index is 785. The zero-order chi connectivity index (χ0) is 19.1. The first kappa shape index (κ1) is 19.0. The number of rotatable bonds is 10. The van der Waals surface area contributed by atoms with Crippen molar-refractivity contribution in [3.8, 4) is 6.07 Å². The molecule has 1 aliphatic rings. The van der Waals surface area contributed by atoms with Crippen LogP contribution in [0, 0.1) is 26.9 Å². The van der Waals surface area contributed by atoms with Crippen molar-refractivity contribution < 1.29 is 4.92 Å². The molecule has 1 aliphatic carbocycles. The zero-order valence-corrected chi connectivity index (χ0v) is 15.2. The molecule has 0 aliphatic heterocycles. The third kappa shape index (κ3) is 4.91. The van der Waals surface area contributed by atoms with Gasteiger partial charge in [0, 0.05) is 23.4 Å². The largest absolute Gasteiger partial charge is 0.304 e. The van der Waals surface area contributed by atoms with Crippen molar-refractivity contribution in [2.45, 2.75) is 38.0 Å². The summed E-state index contributed by atoms with van der Waals surface area (Å²) in [6.07, 6.45) is 1.63. The van der Waals surface area contributed by atoms with Gasteiger partial charge in [-0.1, -0.05) is 60.7 Å². The Labute approximate surface area is 159 Å². The first-order chi connectivity index (χ1) is 13.1. The maximum atomic E-state index is 11.2. The number of nitro groups is 1. The van der Waals surface area contributed by atoms with Crippen LogP contribution in [0.5, 0.6) is 0 Å². The highest BCUT2D eigenvalue weighted by molar-refractivity contribution is 5.20. The predicted molar refractivity (Wildman–Crippen MR) is 103 cm³/mol. The Hall–Kier alpha value is -2.75. The highest BCUT2D eigenvalue weighted by Crippen LogP contribution is 2.52. The Kier molecular flexibility index (Phi) is 6.17. The van der Waals surface area contributed by atoms with Crippen LogP contribution < -0.4 is 10.6 Å². The summed E-state index contributed by atoms with van der Waals surface area (Å²) >= 11 is 0. The second-order valence-electron chi connectivity index (χ2n) is 7.10. The van der Waals surface area contributed by atoms with Crippen LogP contribution in [0.1, 0.15) is 24.0 Å². The second kappa shape index (κ2) is 8.76. The van der Waals surface area contributed by atoms with Gasteiger partial charge in [0.05, 0.1) is 12.1 Å². The molecule has 2 N–H and O–H groups in total. The van der Waals surface area contributed by atoms with Gasteiger partial charge in [0.2, 0.25) is 6.54 Å². The summed E-state index contributed by atoms with van der Waals surface area (Å²) in [6, 6.07) is 21.3. The Balaban J connectivity index is 1.69. The molecule has 0 spiro atoms. The molecule has 0 heterocycles.